The molecular formula is C35H36FN3O4. The number of aliphatic carboxylic acids is 1. The number of aryl methyl sites for hydroxylation is 1. The predicted molar refractivity (Wildman–Crippen MR) is 163 cm³/mol. The Morgan fingerprint density at radius 1 is 1.12 bits per heavy atom. The Kier molecular flexibility index (Phi) is 7.79. The lowest BCUT2D eigenvalue weighted by Gasteiger charge is -2.33. The highest BCUT2D eigenvalue weighted by Crippen LogP contribution is 2.49. The Hall–Kier alpha value is -4.43. The van der Waals surface area contributed by atoms with Crippen molar-refractivity contribution >= 4 is 12.0 Å². The number of likely N-dealkylation sites (tertiary alicyclic amines) is 1. The SMILES string of the molecule is Cc1ccc(C2(C)Oc3cccc(C4CCN(Cc5ncc(/C=C/C(=O)O)n5[C@H](C)c5ccccc5)CC4)c3O2)c(F)c1. The number of para-hydroxylation sites is 1. The van der Waals surface area contributed by atoms with Gasteiger partial charge in [-0.3, -0.25) is 4.90 Å². The first-order valence-corrected chi connectivity index (χ1v) is 14.7. The summed E-state index contributed by atoms with van der Waals surface area (Å²) < 4.78 is 29.6. The van der Waals surface area contributed by atoms with Gasteiger partial charge in [0.15, 0.2) is 11.5 Å². The van der Waals surface area contributed by atoms with Crippen LogP contribution < -0.4 is 9.47 Å². The van der Waals surface area contributed by atoms with Crippen molar-refractivity contribution in [3.05, 3.63) is 119 Å². The summed E-state index contributed by atoms with van der Waals surface area (Å²) in [6, 6.07) is 21.2. The molecule has 0 radical (unpaired) electrons. The smallest absolute Gasteiger partial charge is 0.328 e. The van der Waals surface area contributed by atoms with E-state index in [1.165, 1.54) is 6.07 Å². The Bertz CT molecular complexity index is 1660. The van der Waals surface area contributed by atoms with Crippen LogP contribution in [0, 0.1) is 12.7 Å². The fourth-order valence-corrected chi connectivity index (χ4v) is 6.31. The first-order chi connectivity index (χ1) is 20.7. The van der Waals surface area contributed by atoms with E-state index in [0.717, 1.165) is 60.2 Å². The quantitative estimate of drug-likeness (QED) is 0.225. The Morgan fingerprint density at radius 3 is 2.60 bits per heavy atom. The molecule has 6 rings (SSSR count). The van der Waals surface area contributed by atoms with Crippen molar-refractivity contribution in [2.45, 2.75) is 57.9 Å². The normalized spacial score (nSPS) is 19.6. The molecule has 0 saturated carbocycles. The summed E-state index contributed by atoms with van der Waals surface area (Å²) in [4.78, 5) is 18.4. The maximum absolute atomic E-state index is 14.9. The second-order valence-electron chi connectivity index (χ2n) is 11.6. The molecule has 3 heterocycles. The van der Waals surface area contributed by atoms with Crippen molar-refractivity contribution in [1.82, 2.24) is 14.5 Å². The summed E-state index contributed by atoms with van der Waals surface area (Å²) in [6.07, 6.45) is 6.37. The maximum Gasteiger partial charge on any atom is 0.328 e. The standard InChI is InChI=1S/C35H36FN3O4/c1-23-12-14-29(30(36)20-23)35(3)42-31-11-7-10-28(34(31)43-35)26-16-18-38(19-17-26)22-32-37-21-27(13-15-33(40)41)39(32)24(2)25-8-5-4-6-9-25/h4-15,20-21,24,26H,16-19,22H2,1-3H3,(H,40,41)/b15-13+/t24-,35?/m1/s1. The second-order valence-corrected chi connectivity index (χ2v) is 11.6. The summed E-state index contributed by atoms with van der Waals surface area (Å²) >= 11 is 0. The molecule has 2 aliphatic heterocycles. The number of nitrogens with zero attached hydrogens (tertiary/aromatic N) is 3. The molecule has 8 heteroatoms. The van der Waals surface area contributed by atoms with E-state index >= 15 is 0 Å². The zero-order valence-electron chi connectivity index (χ0n) is 24.7. The monoisotopic (exact) mass is 581 g/mol. The number of hydrogen-bond donors (Lipinski definition) is 1. The summed E-state index contributed by atoms with van der Waals surface area (Å²) in [5.74, 6) is -0.0468. The second kappa shape index (κ2) is 11.7. The number of ether oxygens (including phenoxy) is 2. The molecular weight excluding hydrogens is 545 g/mol. The van der Waals surface area contributed by atoms with Gasteiger partial charge in [0, 0.05) is 18.6 Å². The van der Waals surface area contributed by atoms with Crippen LogP contribution in [-0.2, 0) is 17.1 Å². The molecule has 2 aliphatic rings. The van der Waals surface area contributed by atoms with Crippen LogP contribution in [-0.4, -0.2) is 38.6 Å². The van der Waals surface area contributed by atoms with Crippen molar-refractivity contribution in [1.29, 1.82) is 0 Å². The Labute approximate surface area is 251 Å². The molecule has 0 amide bonds. The molecule has 1 unspecified atom stereocenters. The van der Waals surface area contributed by atoms with Crippen molar-refractivity contribution in [3.63, 3.8) is 0 Å². The minimum Gasteiger partial charge on any atom is -0.478 e. The average Bonchev–Trinajstić information content (AvgIpc) is 3.56. The number of benzene rings is 3. The lowest BCUT2D eigenvalue weighted by Crippen LogP contribution is -2.34. The molecule has 0 spiro atoms. The molecule has 222 valence electrons. The number of halogens is 1. The fourth-order valence-electron chi connectivity index (χ4n) is 6.31. The zero-order chi connectivity index (χ0) is 30.1. The van der Waals surface area contributed by atoms with E-state index in [9.17, 15) is 14.3 Å². The van der Waals surface area contributed by atoms with Gasteiger partial charge in [0.2, 0.25) is 0 Å². The van der Waals surface area contributed by atoms with Crippen LogP contribution in [0.15, 0.2) is 79.0 Å². The molecule has 4 aromatic rings. The minimum absolute atomic E-state index is 0.0126. The van der Waals surface area contributed by atoms with Crippen LogP contribution in [0.2, 0.25) is 0 Å². The number of carbonyl (C=O) groups is 1. The van der Waals surface area contributed by atoms with Crippen LogP contribution in [0.1, 0.15) is 72.4 Å². The van der Waals surface area contributed by atoms with Crippen LogP contribution in [0.5, 0.6) is 11.5 Å². The first kappa shape index (κ1) is 28.7. The van der Waals surface area contributed by atoms with Gasteiger partial charge in [0.25, 0.3) is 5.79 Å². The van der Waals surface area contributed by atoms with Gasteiger partial charge in [-0.05, 0) is 81.1 Å². The number of aromatic nitrogens is 2. The van der Waals surface area contributed by atoms with Gasteiger partial charge in [-0.25, -0.2) is 14.2 Å². The van der Waals surface area contributed by atoms with Crippen LogP contribution in [0.4, 0.5) is 4.39 Å². The summed E-state index contributed by atoms with van der Waals surface area (Å²) in [5, 5.41) is 9.22. The third-order valence-electron chi connectivity index (χ3n) is 8.59. The highest BCUT2D eigenvalue weighted by Gasteiger charge is 2.42. The molecule has 43 heavy (non-hydrogen) atoms. The molecule has 3 aromatic carbocycles. The topological polar surface area (TPSA) is 76.8 Å². The predicted octanol–water partition coefficient (Wildman–Crippen LogP) is 7.06. The van der Waals surface area contributed by atoms with E-state index in [1.54, 1.807) is 25.3 Å². The summed E-state index contributed by atoms with van der Waals surface area (Å²) in [6.45, 7) is 8.13. The number of imidazole rings is 1. The van der Waals surface area contributed by atoms with Gasteiger partial charge in [0.05, 0.1) is 30.0 Å². The Morgan fingerprint density at radius 2 is 1.88 bits per heavy atom. The molecule has 1 aromatic heterocycles. The molecule has 1 fully saturated rings. The van der Waals surface area contributed by atoms with Crippen molar-refractivity contribution in [3.8, 4) is 11.5 Å². The summed E-state index contributed by atoms with van der Waals surface area (Å²) in [5.41, 5.74) is 4.20. The van der Waals surface area contributed by atoms with Gasteiger partial charge in [-0.1, -0.05) is 48.5 Å². The van der Waals surface area contributed by atoms with Crippen LogP contribution in [0.3, 0.4) is 0 Å². The number of fused-ring (bicyclic) bond motifs is 1. The number of carboxylic acids is 1. The zero-order valence-corrected chi connectivity index (χ0v) is 24.7. The molecule has 2 atom stereocenters. The van der Waals surface area contributed by atoms with Crippen molar-refractivity contribution < 1.29 is 23.8 Å². The van der Waals surface area contributed by atoms with E-state index in [0.29, 0.717) is 23.6 Å². The van der Waals surface area contributed by atoms with Gasteiger partial charge < -0.3 is 19.1 Å². The van der Waals surface area contributed by atoms with Crippen LogP contribution in [0.25, 0.3) is 6.08 Å². The van der Waals surface area contributed by atoms with Crippen LogP contribution >= 0.6 is 0 Å². The highest BCUT2D eigenvalue weighted by molar-refractivity contribution is 5.84. The minimum atomic E-state index is -1.23. The molecule has 0 aliphatic carbocycles. The van der Waals surface area contributed by atoms with Gasteiger partial charge in [0.1, 0.15) is 11.6 Å². The van der Waals surface area contributed by atoms with Gasteiger partial charge in [-0.15, -0.1) is 0 Å². The molecule has 7 nitrogen and oxygen atoms in total. The maximum atomic E-state index is 14.9. The Balaban J connectivity index is 1.18. The number of hydrogen-bond acceptors (Lipinski definition) is 5. The molecule has 0 bridgehead atoms. The largest absolute Gasteiger partial charge is 0.478 e. The highest BCUT2D eigenvalue weighted by atomic mass is 19.1. The number of rotatable bonds is 8. The number of carboxylic acid groups (broad SMARTS) is 1. The first-order valence-electron chi connectivity index (χ1n) is 14.7. The summed E-state index contributed by atoms with van der Waals surface area (Å²) in [7, 11) is 0. The van der Waals surface area contributed by atoms with E-state index < -0.39 is 11.8 Å². The van der Waals surface area contributed by atoms with E-state index in [2.05, 4.69) is 34.6 Å². The molecule has 1 saturated heterocycles. The third kappa shape index (κ3) is 5.79. The third-order valence-corrected chi connectivity index (χ3v) is 8.59. The van der Waals surface area contributed by atoms with Crippen molar-refractivity contribution in [2.24, 2.45) is 0 Å². The van der Waals surface area contributed by atoms with E-state index in [-0.39, 0.29) is 17.8 Å². The van der Waals surface area contributed by atoms with Crippen molar-refractivity contribution in [2.75, 3.05) is 13.1 Å². The van der Waals surface area contributed by atoms with E-state index in [1.807, 2.05) is 43.3 Å². The lowest BCUT2D eigenvalue weighted by molar-refractivity contribution is -0.131. The lowest BCUT2D eigenvalue weighted by atomic mass is 9.88. The molecule has 1 N–H and O–H groups in total. The fraction of sp³-hybridized carbons (Fsp3) is 0.314. The average molecular weight is 582 g/mol. The van der Waals surface area contributed by atoms with Gasteiger partial charge in [-0.2, -0.15) is 0 Å². The van der Waals surface area contributed by atoms with E-state index in [4.69, 9.17) is 14.5 Å². The number of piperidine rings is 1. The van der Waals surface area contributed by atoms with Gasteiger partial charge >= 0.3 is 5.97 Å².